The molecule has 7 heteroatoms. The van der Waals surface area contributed by atoms with Gasteiger partial charge in [0.2, 0.25) is 0 Å². The summed E-state index contributed by atoms with van der Waals surface area (Å²) in [5.41, 5.74) is -0.358. The lowest BCUT2D eigenvalue weighted by Crippen LogP contribution is -2.36. The molecular formula is C11H18ClN3O3. The van der Waals surface area contributed by atoms with E-state index < -0.39 is 0 Å². The molecule has 1 heterocycles. The molecule has 0 saturated carbocycles. The van der Waals surface area contributed by atoms with Gasteiger partial charge in [0.25, 0.3) is 5.56 Å². The number of aliphatic hydroxyl groups excluding tert-OH is 1. The summed E-state index contributed by atoms with van der Waals surface area (Å²) in [6.07, 6.45) is 1.33. The third-order valence-electron chi connectivity index (χ3n) is 2.39. The predicted molar refractivity (Wildman–Crippen MR) is 70.3 cm³/mol. The normalized spacial score (nSPS) is 10.9. The number of hydrogen-bond donors (Lipinski definition) is 2. The number of nitrogens with one attached hydrogen (secondary N) is 1. The molecule has 1 rings (SSSR count). The number of H-pyrrole nitrogens is 1. The van der Waals surface area contributed by atoms with Crippen LogP contribution in [0.3, 0.4) is 0 Å². The largest absolute Gasteiger partial charge is 0.394 e. The molecule has 2 N–H and O–H groups in total. The Morgan fingerprint density at radius 2 is 2.28 bits per heavy atom. The predicted octanol–water partition coefficient (Wildman–Crippen LogP) is 0.647. The molecule has 0 amide bonds. The first-order valence-electron chi connectivity index (χ1n) is 5.76. The highest BCUT2D eigenvalue weighted by molar-refractivity contribution is 6.32. The summed E-state index contributed by atoms with van der Waals surface area (Å²) < 4.78 is 5.21. The van der Waals surface area contributed by atoms with Crippen LogP contribution in [-0.2, 0) is 4.74 Å². The van der Waals surface area contributed by atoms with Crippen molar-refractivity contribution in [1.82, 2.24) is 9.97 Å². The van der Waals surface area contributed by atoms with Gasteiger partial charge >= 0.3 is 0 Å². The van der Waals surface area contributed by atoms with Gasteiger partial charge in [-0.2, -0.15) is 0 Å². The van der Waals surface area contributed by atoms with E-state index in [9.17, 15) is 4.79 Å². The van der Waals surface area contributed by atoms with Crippen LogP contribution in [0.5, 0.6) is 0 Å². The van der Waals surface area contributed by atoms with Crippen LogP contribution in [0.4, 0.5) is 5.82 Å². The molecule has 18 heavy (non-hydrogen) atoms. The average molecular weight is 276 g/mol. The summed E-state index contributed by atoms with van der Waals surface area (Å²) in [5, 5.41) is 8.70. The van der Waals surface area contributed by atoms with Crippen molar-refractivity contribution in [2.75, 3.05) is 31.3 Å². The molecule has 0 aliphatic carbocycles. The minimum Gasteiger partial charge on any atom is -0.394 e. The molecule has 102 valence electrons. The van der Waals surface area contributed by atoms with Crippen molar-refractivity contribution in [1.29, 1.82) is 0 Å². The van der Waals surface area contributed by atoms with Crippen LogP contribution in [0.1, 0.15) is 13.8 Å². The molecule has 1 aromatic rings. The second-order valence-corrected chi connectivity index (χ2v) is 4.37. The topological polar surface area (TPSA) is 78.5 Å². The highest BCUT2D eigenvalue weighted by Crippen LogP contribution is 2.20. The first kappa shape index (κ1) is 14.9. The Hall–Kier alpha value is -1.11. The van der Waals surface area contributed by atoms with Crippen molar-refractivity contribution in [3.63, 3.8) is 0 Å². The molecule has 6 nitrogen and oxygen atoms in total. The second kappa shape index (κ2) is 7.35. The van der Waals surface area contributed by atoms with Crippen molar-refractivity contribution < 1.29 is 9.84 Å². The molecule has 0 spiro atoms. The molecular weight excluding hydrogens is 258 g/mol. The van der Waals surface area contributed by atoms with E-state index >= 15 is 0 Å². The van der Waals surface area contributed by atoms with Gasteiger partial charge < -0.3 is 19.7 Å². The standard InChI is InChI=1S/C11H18ClN3O3/c1-8(2)15(3-5-18-6-4-16)10-9(12)11(17)14-7-13-10/h7-8,16H,3-6H2,1-2H3,(H,13,14,17). The van der Waals surface area contributed by atoms with E-state index in [4.69, 9.17) is 21.4 Å². The van der Waals surface area contributed by atoms with E-state index in [2.05, 4.69) is 9.97 Å². The van der Waals surface area contributed by atoms with Gasteiger partial charge in [-0.25, -0.2) is 4.98 Å². The number of ether oxygens (including phenoxy) is 1. The molecule has 0 fully saturated rings. The highest BCUT2D eigenvalue weighted by atomic mass is 35.5. The van der Waals surface area contributed by atoms with Crippen LogP contribution in [0.15, 0.2) is 11.1 Å². The molecule has 0 aliphatic heterocycles. The van der Waals surface area contributed by atoms with Gasteiger partial charge in [-0.1, -0.05) is 11.6 Å². The van der Waals surface area contributed by atoms with Crippen LogP contribution < -0.4 is 10.5 Å². The number of halogens is 1. The van der Waals surface area contributed by atoms with Crippen molar-refractivity contribution in [3.05, 3.63) is 21.7 Å². The lowest BCUT2D eigenvalue weighted by Gasteiger charge is -2.28. The molecule has 0 aliphatic rings. The zero-order chi connectivity index (χ0) is 13.5. The van der Waals surface area contributed by atoms with Crippen LogP contribution in [0.25, 0.3) is 0 Å². The molecule has 0 bridgehead atoms. The minimum atomic E-state index is -0.358. The van der Waals surface area contributed by atoms with E-state index in [1.807, 2.05) is 18.7 Å². The SMILES string of the molecule is CC(C)N(CCOCCO)c1nc[nH]c(=O)c1Cl. The number of aromatic amines is 1. The Bertz CT molecular complexity index is 422. The maximum atomic E-state index is 11.4. The summed E-state index contributed by atoms with van der Waals surface area (Å²) in [6, 6.07) is 0.134. The summed E-state index contributed by atoms with van der Waals surface area (Å²) in [7, 11) is 0. The average Bonchev–Trinajstić information content (AvgIpc) is 2.33. The third kappa shape index (κ3) is 3.97. The number of aromatic nitrogens is 2. The maximum Gasteiger partial charge on any atom is 0.271 e. The zero-order valence-corrected chi connectivity index (χ0v) is 11.3. The molecule has 0 atom stereocenters. The number of anilines is 1. The Morgan fingerprint density at radius 1 is 1.56 bits per heavy atom. The van der Waals surface area contributed by atoms with Crippen LogP contribution in [0, 0.1) is 0 Å². The highest BCUT2D eigenvalue weighted by Gasteiger charge is 2.16. The van der Waals surface area contributed by atoms with Gasteiger partial charge in [0.15, 0.2) is 5.82 Å². The van der Waals surface area contributed by atoms with E-state index in [0.29, 0.717) is 25.6 Å². The summed E-state index contributed by atoms with van der Waals surface area (Å²) in [4.78, 5) is 19.8. The first-order chi connectivity index (χ1) is 8.57. The smallest absolute Gasteiger partial charge is 0.271 e. The molecule has 0 unspecified atom stereocenters. The molecule has 0 aromatic carbocycles. The van der Waals surface area contributed by atoms with Gasteiger partial charge in [0.1, 0.15) is 5.02 Å². The molecule has 1 aromatic heterocycles. The van der Waals surface area contributed by atoms with Crippen molar-refractivity contribution in [3.8, 4) is 0 Å². The lowest BCUT2D eigenvalue weighted by atomic mass is 10.3. The number of aliphatic hydroxyl groups is 1. The Labute approximate surface area is 111 Å². The summed E-state index contributed by atoms with van der Waals surface area (Å²) >= 11 is 5.94. The van der Waals surface area contributed by atoms with Crippen molar-refractivity contribution in [2.45, 2.75) is 19.9 Å². The monoisotopic (exact) mass is 275 g/mol. The fourth-order valence-electron chi connectivity index (χ4n) is 1.51. The maximum absolute atomic E-state index is 11.4. The van der Waals surface area contributed by atoms with Crippen molar-refractivity contribution >= 4 is 17.4 Å². The van der Waals surface area contributed by atoms with Gasteiger partial charge in [0, 0.05) is 12.6 Å². The summed E-state index contributed by atoms with van der Waals surface area (Å²) in [5.74, 6) is 0.447. The van der Waals surface area contributed by atoms with Crippen molar-refractivity contribution in [2.24, 2.45) is 0 Å². The lowest BCUT2D eigenvalue weighted by molar-refractivity contribution is 0.0960. The van der Waals surface area contributed by atoms with E-state index in [1.165, 1.54) is 6.33 Å². The fraction of sp³-hybridized carbons (Fsp3) is 0.636. The fourth-order valence-corrected chi connectivity index (χ4v) is 1.72. The molecule has 0 radical (unpaired) electrons. The van der Waals surface area contributed by atoms with Crippen LogP contribution in [0.2, 0.25) is 5.02 Å². The Morgan fingerprint density at radius 3 is 2.89 bits per heavy atom. The van der Waals surface area contributed by atoms with E-state index in [0.717, 1.165) is 0 Å². The Balaban J connectivity index is 2.78. The van der Waals surface area contributed by atoms with Gasteiger partial charge in [-0.05, 0) is 13.8 Å². The van der Waals surface area contributed by atoms with Gasteiger partial charge in [0.05, 0.1) is 26.1 Å². The number of rotatable bonds is 7. The van der Waals surface area contributed by atoms with Gasteiger partial charge in [-0.15, -0.1) is 0 Å². The first-order valence-corrected chi connectivity index (χ1v) is 6.14. The van der Waals surface area contributed by atoms with Gasteiger partial charge in [-0.3, -0.25) is 4.79 Å². The zero-order valence-electron chi connectivity index (χ0n) is 10.5. The van der Waals surface area contributed by atoms with E-state index in [-0.39, 0.29) is 23.2 Å². The quantitative estimate of drug-likeness (QED) is 0.714. The summed E-state index contributed by atoms with van der Waals surface area (Å²) in [6.45, 7) is 5.22. The minimum absolute atomic E-state index is 0.00824. The third-order valence-corrected chi connectivity index (χ3v) is 2.73. The number of hydrogen-bond acceptors (Lipinski definition) is 5. The van der Waals surface area contributed by atoms with E-state index in [1.54, 1.807) is 0 Å². The second-order valence-electron chi connectivity index (χ2n) is 3.99. The van der Waals surface area contributed by atoms with Crippen LogP contribution >= 0.6 is 11.6 Å². The Kier molecular flexibility index (Phi) is 6.11. The molecule has 0 saturated heterocycles. The van der Waals surface area contributed by atoms with Crippen LogP contribution in [-0.4, -0.2) is 47.5 Å². The number of nitrogens with zero attached hydrogens (tertiary/aromatic N) is 2.